The highest BCUT2D eigenvalue weighted by Crippen LogP contribution is 2.31. The van der Waals surface area contributed by atoms with Gasteiger partial charge in [0, 0.05) is 34.8 Å². The Morgan fingerprint density at radius 3 is 2.65 bits per heavy atom. The molecule has 1 atom stereocenters. The number of nitro benzene ring substituents is 1. The molecular weight excluding hydrogens is 400 g/mol. The number of aromatic nitrogens is 1. The Labute approximate surface area is 177 Å². The number of carbonyl (C=O) groups is 3. The Morgan fingerprint density at radius 1 is 1.19 bits per heavy atom. The van der Waals surface area contributed by atoms with Crippen molar-refractivity contribution in [2.24, 2.45) is 0 Å². The van der Waals surface area contributed by atoms with Gasteiger partial charge >= 0.3 is 6.03 Å². The lowest BCUT2D eigenvalue weighted by Crippen LogP contribution is -2.41. The standard InChI is InChI=1S/C22H20N4O5/c1-3-13-6-4-9-16-17(11-23-19(13)16)18(27)12-25-20(28)22(2,24-21(25)29)14-7-5-8-15(10-14)26(30)31/h4-11,23H,3,12H2,1-2H3,(H,24,29). The van der Waals surface area contributed by atoms with Crippen molar-refractivity contribution in [1.82, 2.24) is 15.2 Å². The van der Waals surface area contributed by atoms with Gasteiger partial charge in [-0.3, -0.25) is 24.6 Å². The van der Waals surface area contributed by atoms with E-state index in [4.69, 9.17) is 0 Å². The Kier molecular flexibility index (Phi) is 4.81. The Balaban J connectivity index is 1.62. The number of rotatable bonds is 6. The number of imide groups is 1. The molecule has 0 radical (unpaired) electrons. The summed E-state index contributed by atoms with van der Waals surface area (Å²) in [5.74, 6) is -1.02. The highest BCUT2D eigenvalue weighted by atomic mass is 16.6. The van der Waals surface area contributed by atoms with E-state index in [1.807, 2.05) is 25.1 Å². The van der Waals surface area contributed by atoms with Crippen LogP contribution in [0.2, 0.25) is 0 Å². The van der Waals surface area contributed by atoms with Crippen molar-refractivity contribution >= 4 is 34.3 Å². The Morgan fingerprint density at radius 2 is 1.94 bits per heavy atom. The number of nitro groups is 1. The monoisotopic (exact) mass is 420 g/mol. The first-order valence-electron chi connectivity index (χ1n) is 9.77. The molecule has 31 heavy (non-hydrogen) atoms. The van der Waals surface area contributed by atoms with Crippen LogP contribution in [0.1, 0.15) is 35.3 Å². The number of fused-ring (bicyclic) bond motifs is 1. The molecule has 1 unspecified atom stereocenters. The third-order valence-corrected chi connectivity index (χ3v) is 5.69. The number of ketones is 1. The van der Waals surface area contributed by atoms with E-state index in [0.29, 0.717) is 5.56 Å². The summed E-state index contributed by atoms with van der Waals surface area (Å²) >= 11 is 0. The smallest absolute Gasteiger partial charge is 0.325 e. The van der Waals surface area contributed by atoms with Crippen LogP contribution in [0.4, 0.5) is 10.5 Å². The molecule has 1 aromatic heterocycles. The minimum atomic E-state index is -1.50. The summed E-state index contributed by atoms with van der Waals surface area (Å²) in [6.45, 7) is 3.05. The number of Topliss-reactive ketones (excluding diaryl/α,β-unsaturated/α-hetero) is 1. The molecule has 1 aliphatic heterocycles. The summed E-state index contributed by atoms with van der Waals surface area (Å²) < 4.78 is 0. The third-order valence-electron chi connectivity index (χ3n) is 5.69. The molecule has 2 aromatic carbocycles. The molecule has 1 saturated heterocycles. The molecule has 1 aliphatic rings. The molecule has 9 nitrogen and oxygen atoms in total. The lowest BCUT2D eigenvalue weighted by atomic mass is 9.91. The summed E-state index contributed by atoms with van der Waals surface area (Å²) in [4.78, 5) is 53.1. The van der Waals surface area contributed by atoms with E-state index < -0.39 is 28.9 Å². The molecule has 3 amide bonds. The summed E-state index contributed by atoms with van der Waals surface area (Å²) in [5.41, 5.74) is 0.890. The van der Waals surface area contributed by atoms with E-state index in [1.54, 1.807) is 6.20 Å². The van der Waals surface area contributed by atoms with Gasteiger partial charge in [0.2, 0.25) is 0 Å². The minimum absolute atomic E-state index is 0.194. The molecule has 2 heterocycles. The van der Waals surface area contributed by atoms with Crippen molar-refractivity contribution in [2.45, 2.75) is 25.8 Å². The van der Waals surface area contributed by atoms with Crippen LogP contribution >= 0.6 is 0 Å². The molecule has 9 heteroatoms. The molecule has 0 bridgehead atoms. The maximum absolute atomic E-state index is 13.1. The predicted molar refractivity (Wildman–Crippen MR) is 113 cm³/mol. The molecule has 2 N–H and O–H groups in total. The molecule has 0 spiro atoms. The number of aryl methyl sites for hydroxylation is 1. The van der Waals surface area contributed by atoms with Gasteiger partial charge < -0.3 is 10.3 Å². The van der Waals surface area contributed by atoms with Crippen LogP contribution in [-0.4, -0.2) is 39.1 Å². The topological polar surface area (TPSA) is 125 Å². The van der Waals surface area contributed by atoms with E-state index in [2.05, 4.69) is 10.3 Å². The molecule has 0 aliphatic carbocycles. The number of non-ortho nitro benzene ring substituents is 1. The van der Waals surface area contributed by atoms with E-state index >= 15 is 0 Å². The number of nitrogens with zero attached hydrogens (tertiary/aromatic N) is 2. The highest BCUT2D eigenvalue weighted by Gasteiger charge is 2.50. The van der Waals surface area contributed by atoms with Gasteiger partial charge in [-0.05, 0) is 24.5 Å². The van der Waals surface area contributed by atoms with Gasteiger partial charge in [-0.1, -0.05) is 37.3 Å². The van der Waals surface area contributed by atoms with Crippen molar-refractivity contribution in [2.75, 3.05) is 6.54 Å². The van der Waals surface area contributed by atoms with Crippen LogP contribution in [-0.2, 0) is 16.8 Å². The second-order valence-corrected chi connectivity index (χ2v) is 7.57. The molecule has 3 aromatic rings. The zero-order chi connectivity index (χ0) is 22.3. The fourth-order valence-corrected chi connectivity index (χ4v) is 3.94. The van der Waals surface area contributed by atoms with Crippen molar-refractivity contribution in [1.29, 1.82) is 0 Å². The SMILES string of the molecule is CCc1cccc2c(C(=O)CN3C(=O)NC(C)(c4cccc([N+](=O)[O-])c4)C3=O)c[nH]c12. The normalized spacial score (nSPS) is 18.5. The summed E-state index contributed by atoms with van der Waals surface area (Å²) in [7, 11) is 0. The number of aromatic amines is 1. The Hall–Kier alpha value is -4.01. The summed E-state index contributed by atoms with van der Waals surface area (Å²) in [6.07, 6.45) is 2.38. The summed E-state index contributed by atoms with van der Waals surface area (Å²) in [5, 5.41) is 14.4. The minimum Gasteiger partial charge on any atom is -0.360 e. The molecule has 4 rings (SSSR count). The van der Waals surface area contributed by atoms with Crippen molar-refractivity contribution in [3.05, 3.63) is 75.5 Å². The van der Waals surface area contributed by atoms with Gasteiger partial charge in [-0.15, -0.1) is 0 Å². The van der Waals surface area contributed by atoms with Gasteiger partial charge in [-0.25, -0.2) is 4.79 Å². The van der Waals surface area contributed by atoms with Gasteiger partial charge in [0.25, 0.3) is 11.6 Å². The molecular formula is C22H20N4O5. The first-order valence-corrected chi connectivity index (χ1v) is 9.77. The average Bonchev–Trinajstić information content (AvgIpc) is 3.29. The van der Waals surface area contributed by atoms with Crippen LogP contribution < -0.4 is 5.32 Å². The third kappa shape index (κ3) is 3.24. The van der Waals surface area contributed by atoms with E-state index in [1.165, 1.54) is 31.2 Å². The highest BCUT2D eigenvalue weighted by molar-refractivity contribution is 6.14. The molecule has 158 valence electrons. The molecule has 1 fully saturated rings. The number of hydrogen-bond donors (Lipinski definition) is 2. The number of H-pyrrole nitrogens is 1. The van der Waals surface area contributed by atoms with E-state index in [-0.39, 0.29) is 17.0 Å². The second kappa shape index (κ2) is 7.35. The van der Waals surface area contributed by atoms with Gasteiger partial charge in [0.05, 0.1) is 11.5 Å². The van der Waals surface area contributed by atoms with Crippen LogP contribution in [0.5, 0.6) is 0 Å². The van der Waals surface area contributed by atoms with Crippen molar-refractivity contribution in [3.8, 4) is 0 Å². The van der Waals surface area contributed by atoms with Crippen molar-refractivity contribution < 1.29 is 19.3 Å². The van der Waals surface area contributed by atoms with E-state index in [0.717, 1.165) is 27.8 Å². The lowest BCUT2D eigenvalue weighted by Gasteiger charge is -2.21. The fourth-order valence-electron chi connectivity index (χ4n) is 3.94. The number of nitrogens with one attached hydrogen (secondary N) is 2. The molecule has 0 saturated carbocycles. The maximum Gasteiger partial charge on any atom is 0.325 e. The van der Waals surface area contributed by atoms with Crippen molar-refractivity contribution in [3.63, 3.8) is 0 Å². The van der Waals surface area contributed by atoms with Gasteiger partial charge in [0.15, 0.2) is 5.78 Å². The zero-order valence-corrected chi connectivity index (χ0v) is 17.0. The Bertz CT molecular complexity index is 1250. The summed E-state index contributed by atoms with van der Waals surface area (Å²) in [6, 6.07) is 10.4. The zero-order valence-electron chi connectivity index (χ0n) is 17.0. The predicted octanol–water partition coefficient (Wildman–Crippen LogP) is 3.29. The number of urea groups is 1. The van der Waals surface area contributed by atoms with Crippen LogP contribution in [0, 0.1) is 10.1 Å². The average molecular weight is 420 g/mol. The van der Waals surface area contributed by atoms with Crippen LogP contribution in [0.3, 0.4) is 0 Å². The van der Waals surface area contributed by atoms with E-state index in [9.17, 15) is 24.5 Å². The number of carbonyl (C=O) groups excluding carboxylic acids is 3. The fraction of sp³-hybridized carbons (Fsp3) is 0.227. The first-order chi connectivity index (χ1) is 14.8. The quantitative estimate of drug-likeness (QED) is 0.274. The number of hydrogen-bond acceptors (Lipinski definition) is 5. The largest absolute Gasteiger partial charge is 0.360 e. The maximum atomic E-state index is 13.1. The van der Waals surface area contributed by atoms with Crippen LogP contribution in [0.15, 0.2) is 48.7 Å². The van der Waals surface area contributed by atoms with Gasteiger partial charge in [0.1, 0.15) is 5.54 Å². The lowest BCUT2D eigenvalue weighted by molar-refractivity contribution is -0.385. The number of amides is 3. The van der Waals surface area contributed by atoms with Gasteiger partial charge in [-0.2, -0.15) is 0 Å². The number of benzene rings is 2. The first kappa shape index (κ1) is 20.3. The second-order valence-electron chi connectivity index (χ2n) is 7.57. The van der Waals surface area contributed by atoms with Crippen LogP contribution in [0.25, 0.3) is 10.9 Å². The number of para-hydroxylation sites is 1.